The minimum absolute atomic E-state index is 0.427. The predicted octanol–water partition coefficient (Wildman–Crippen LogP) is 2.39. The van der Waals surface area contributed by atoms with Crippen molar-refractivity contribution in [2.24, 2.45) is 5.92 Å². The molecule has 1 atom stereocenters. The van der Waals surface area contributed by atoms with Crippen LogP contribution in [0.1, 0.15) is 58.3 Å². The van der Waals surface area contributed by atoms with Gasteiger partial charge in [-0.15, -0.1) is 0 Å². The molecule has 112 valence electrons. The van der Waals surface area contributed by atoms with Gasteiger partial charge in [0.05, 0.1) is 5.60 Å². The summed E-state index contributed by atoms with van der Waals surface area (Å²) < 4.78 is 0. The van der Waals surface area contributed by atoms with E-state index in [9.17, 15) is 5.11 Å². The second kappa shape index (κ2) is 7.05. The molecule has 0 aromatic carbocycles. The van der Waals surface area contributed by atoms with Gasteiger partial charge in [0.25, 0.3) is 0 Å². The normalized spacial score (nSPS) is 38.1. The number of hydrogen-bond acceptors (Lipinski definition) is 3. The van der Waals surface area contributed by atoms with Crippen molar-refractivity contribution < 1.29 is 5.11 Å². The summed E-state index contributed by atoms with van der Waals surface area (Å²) in [5, 5.41) is 14.3. The first-order chi connectivity index (χ1) is 9.11. The van der Waals surface area contributed by atoms with Crippen molar-refractivity contribution in [2.45, 2.75) is 69.9 Å². The van der Waals surface area contributed by atoms with Gasteiger partial charge >= 0.3 is 0 Å². The van der Waals surface area contributed by atoms with Crippen molar-refractivity contribution in [3.63, 3.8) is 0 Å². The van der Waals surface area contributed by atoms with Crippen molar-refractivity contribution in [2.75, 3.05) is 26.7 Å². The van der Waals surface area contributed by atoms with Crippen LogP contribution in [0.2, 0.25) is 0 Å². The van der Waals surface area contributed by atoms with Gasteiger partial charge in [-0.3, -0.25) is 0 Å². The van der Waals surface area contributed by atoms with Crippen molar-refractivity contribution in [3.05, 3.63) is 0 Å². The molecule has 1 aliphatic carbocycles. The Morgan fingerprint density at radius 3 is 2.58 bits per heavy atom. The second-order valence-electron chi connectivity index (χ2n) is 6.89. The first-order valence-electron chi connectivity index (χ1n) is 8.25. The molecule has 1 aliphatic heterocycles. The van der Waals surface area contributed by atoms with Gasteiger partial charge in [-0.2, -0.15) is 0 Å². The molecule has 0 aromatic rings. The predicted molar refractivity (Wildman–Crippen MR) is 80.3 cm³/mol. The lowest BCUT2D eigenvalue weighted by atomic mass is 9.77. The van der Waals surface area contributed by atoms with E-state index in [1.54, 1.807) is 0 Å². The minimum atomic E-state index is -0.427. The van der Waals surface area contributed by atoms with E-state index in [0.717, 1.165) is 25.3 Å². The number of aliphatic hydroxyl groups is 1. The third-order valence-electron chi connectivity index (χ3n) is 5.28. The van der Waals surface area contributed by atoms with E-state index in [4.69, 9.17) is 0 Å². The molecular weight excluding hydrogens is 236 g/mol. The Morgan fingerprint density at radius 2 is 1.89 bits per heavy atom. The molecule has 3 nitrogen and oxygen atoms in total. The standard InChI is InChI=1S/C16H32N2O/c1-3-14-6-9-16(19,10-7-14)13-17-15-5-4-11-18(2)12-8-15/h14-15,17,19H,3-13H2,1-2H3. The van der Waals surface area contributed by atoms with E-state index in [1.807, 2.05) is 0 Å². The summed E-state index contributed by atoms with van der Waals surface area (Å²) >= 11 is 0. The van der Waals surface area contributed by atoms with Crippen LogP contribution in [-0.4, -0.2) is 48.3 Å². The molecule has 1 unspecified atom stereocenters. The molecule has 1 heterocycles. The van der Waals surface area contributed by atoms with Crippen molar-refractivity contribution in [1.82, 2.24) is 10.2 Å². The maximum Gasteiger partial charge on any atom is 0.0771 e. The zero-order valence-electron chi connectivity index (χ0n) is 12.8. The van der Waals surface area contributed by atoms with Crippen LogP contribution in [0.4, 0.5) is 0 Å². The molecule has 1 saturated carbocycles. The van der Waals surface area contributed by atoms with Gasteiger partial charge < -0.3 is 15.3 Å². The molecule has 0 aromatic heterocycles. The highest BCUT2D eigenvalue weighted by atomic mass is 16.3. The Labute approximate surface area is 118 Å². The molecule has 19 heavy (non-hydrogen) atoms. The zero-order chi connectivity index (χ0) is 13.7. The molecule has 2 fully saturated rings. The molecule has 0 spiro atoms. The van der Waals surface area contributed by atoms with Crippen LogP contribution in [0.15, 0.2) is 0 Å². The van der Waals surface area contributed by atoms with Gasteiger partial charge in [-0.05, 0) is 71.0 Å². The third kappa shape index (κ3) is 4.73. The summed E-state index contributed by atoms with van der Waals surface area (Å²) in [6, 6.07) is 0.609. The van der Waals surface area contributed by atoms with Gasteiger partial charge in [-0.25, -0.2) is 0 Å². The molecule has 2 rings (SSSR count). The number of hydrogen-bond donors (Lipinski definition) is 2. The van der Waals surface area contributed by atoms with Crippen LogP contribution in [-0.2, 0) is 0 Å². The number of nitrogens with one attached hydrogen (secondary N) is 1. The van der Waals surface area contributed by atoms with Gasteiger partial charge in [0, 0.05) is 12.6 Å². The second-order valence-corrected chi connectivity index (χ2v) is 6.89. The summed E-state index contributed by atoms with van der Waals surface area (Å²) in [7, 11) is 2.21. The first kappa shape index (κ1) is 15.3. The topological polar surface area (TPSA) is 35.5 Å². The van der Waals surface area contributed by atoms with Crippen molar-refractivity contribution in [1.29, 1.82) is 0 Å². The van der Waals surface area contributed by atoms with E-state index in [0.29, 0.717) is 6.04 Å². The summed E-state index contributed by atoms with van der Waals surface area (Å²) in [6.45, 7) is 5.49. The van der Waals surface area contributed by atoms with E-state index in [2.05, 4.69) is 24.2 Å². The molecule has 0 radical (unpaired) electrons. The van der Waals surface area contributed by atoms with Crippen LogP contribution < -0.4 is 5.32 Å². The molecule has 3 heteroatoms. The van der Waals surface area contributed by atoms with E-state index in [-0.39, 0.29) is 0 Å². The average Bonchev–Trinajstić information content (AvgIpc) is 2.62. The van der Waals surface area contributed by atoms with E-state index >= 15 is 0 Å². The molecule has 0 amide bonds. The maximum atomic E-state index is 10.7. The Morgan fingerprint density at radius 1 is 1.16 bits per heavy atom. The highest BCUT2D eigenvalue weighted by Crippen LogP contribution is 2.33. The molecular formula is C16H32N2O. The van der Waals surface area contributed by atoms with Gasteiger partial charge in [0.15, 0.2) is 0 Å². The van der Waals surface area contributed by atoms with E-state index in [1.165, 1.54) is 51.6 Å². The number of likely N-dealkylation sites (tertiary alicyclic amines) is 1. The molecule has 0 bridgehead atoms. The quantitative estimate of drug-likeness (QED) is 0.822. The van der Waals surface area contributed by atoms with Gasteiger partial charge in [0.2, 0.25) is 0 Å². The highest BCUT2D eigenvalue weighted by Gasteiger charge is 2.32. The lowest BCUT2D eigenvalue weighted by Crippen LogP contribution is -2.46. The Bertz CT molecular complexity index is 261. The summed E-state index contributed by atoms with van der Waals surface area (Å²) in [5.74, 6) is 0.854. The summed E-state index contributed by atoms with van der Waals surface area (Å²) in [4.78, 5) is 2.42. The fourth-order valence-electron chi connectivity index (χ4n) is 3.58. The van der Waals surface area contributed by atoms with Crippen LogP contribution in [0.25, 0.3) is 0 Å². The van der Waals surface area contributed by atoms with Crippen LogP contribution in [0.3, 0.4) is 0 Å². The fraction of sp³-hybridized carbons (Fsp3) is 1.00. The fourth-order valence-corrected chi connectivity index (χ4v) is 3.58. The largest absolute Gasteiger partial charge is 0.389 e. The lowest BCUT2D eigenvalue weighted by Gasteiger charge is -2.37. The third-order valence-corrected chi connectivity index (χ3v) is 5.28. The van der Waals surface area contributed by atoms with Crippen LogP contribution in [0.5, 0.6) is 0 Å². The molecule has 2 N–H and O–H groups in total. The number of rotatable bonds is 4. The Hall–Kier alpha value is -0.120. The Balaban J connectivity index is 1.72. The maximum absolute atomic E-state index is 10.7. The van der Waals surface area contributed by atoms with Gasteiger partial charge in [-0.1, -0.05) is 13.3 Å². The Kier molecular flexibility index (Phi) is 5.67. The van der Waals surface area contributed by atoms with Crippen LogP contribution in [0, 0.1) is 5.92 Å². The zero-order valence-corrected chi connectivity index (χ0v) is 12.8. The monoisotopic (exact) mass is 268 g/mol. The van der Waals surface area contributed by atoms with Crippen LogP contribution >= 0.6 is 0 Å². The van der Waals surface area contributed by atoms with Gasteiger partial charge in [0.1, 0.15) is 0 Å². The molecule has 1 saturated heterocycles. The van der Waals surface area contributed by atoms with Crippen molar-refractivity contribution >= 4 is 0 Å². The SMILES string of the molecule is CCC1CCC(O)(CNC2CCCN(C)CC2)CC1. The smallest absolute Gasteiger partial charge is 0.0771 e. The summed E-state index contributed by atoms with van der Waals surface area (Å²) in [5.41, 5.74) is -0.427. The first-order valence-corrected chi connectivity index (χ1v) is 8.25. The lowest BCUT2D eigenvalue weighted by molar-refractivity contribution is -0.0109. The van der Waals surface area contributed by atoms with E-state index < -0.39 is 5.60 Å². The minimum Gasteiger partial charge on any atom is -0.389 e. The highest BCUT2D eigenvalue weighted by molar-refractivity contribution is 4.88. The molecule has 2 aliphatic rings. The summed E-state index contributed by atoms with van der Waals surface area (Å²) in [6.07, 6.45) is 9.45. The van der Waals surface area contributed by atoms with Crippen molar-refractivity contribution in [3.8, 4) is 0 Å². The number of nitrogens with zero attached hydrogens (tertiary/aromatic N) is 1. The average molecular weight is 268 g/mol.